The van der Waals surface area contributed by atoms with Gasteiger partial charge in [-0.1, -0.05) is 19.3 Å². The van der Waals surface area contributed by atoms with Gasteiger partial charge in [0.2, 0.25) is 5.91 Å². The number of carbonyl (C=O) groups is 1. The molecule has 0 aromatic carbocycles. The van der Waals surface area contributed by atoms with Gasteiger partial charge in [0.1, 0.15) is 0 Å². The SMILES string of the molecule is NNC(=O)CC1(N)CCCCC1. The molecule has 4 nitrogen and oxygen atoms in total. The Bertz CT molecular complexity index is 164. The molecule has 1 aliphatic rings. The van der Waals surface area contributed by atoms with Crippen molar-refractivity contribution >= 4 is 5.91 Å². The molecule has 1 amide bonds. The van der Waals surface area contributed by atoms with Crippen LogP contribution in [-0.2, 0) is 4.79 Å². The number of rotatable bonds is 2. The molecule has 0 heterocycles. The first kappa shape index (κ1) is 9.48. The fraction of sp³-hybridized carbons (Fsp3) is 0.875. The van der Waals surface area contributed by atoms with E-state index in [1.807, 2.05) is 0 Å². The van der Waals surface area contributed by atoms with E-state index in [-0.39, 0.29) is 11.4 Å². The van der Waals surface area contributed by atoms with Crippen molar-refractivity contribution in [2.24, 2.45) is 11.6 Å². The topological polar surface area (TPSA) is 81.1 Å². The van der Waals surface area contributed by atoms with Gasteiger partial charge in [-0.3, -0.25) is 10.2 Å². The standard InChI is InChI=1S/C8H17N3O/c9-8(6-7(12)11-10)4-2-1-3-5-8/h1-6,9-10H2,(H,11,12). The number of hydrogen-bond donors (Lipinski definition) is 3. The largest absolute Gasteiger partial charge is 0.325 e. The predicted octanol–water partition coefficient (Wildman–Crippen LogP) is 0.0280. The third-order valence-electron chi connectivity index (χ3n) is 2.52. The van der Waals surface area contributed by atoms with Gasteiger partial charge in [0.15, 0.2) is 0 Å². The number of nitrogens with two attached hydrogens (primary N) is 2. The Balaban J connectivity index is 2.41. The summed E-state index contributed by atoms with van der Waals surface area (Å²) in [4.78, 5) is 11.0. The Morgan fingerprint density at radius 2 is 1.92 bits per heavy atom. The smallest absolute Gasteiger partial charge is 0.235 e. The Labute approximate surface area is 72.6 Å². The summed E-state index contributed by atoms with van der Waals surface area (Å²) in [6, 6.07) is 0. The average Bonchev–Trinajstić information content (AvgIpc) is 2.05. The van der Waals surface area contributed by atoms with Gasteiger partial charge in [-0.05, 0) is 12.8 Å². The first-order valence-corrected chi connectivity index (χ1v) is 4.45. The van der Waals surface area contributed by atoms with Crippen LogP contribution in [0.15, 0.2) is 0 Å². The highest BCUT2D eigenvalue weighted by molar-refractivity contribution is 5.76. The van der Waals surface area contributed by atoms with Gasteiger partial charge in [0, 0.05) is 12.0 Å². The van der Waals surface area contributed by atoms with Gasteiger partial charge in [-0.15, -0.1) is 0 Å². The highest BCUT2D eigenvalue weighted by Crippen LogP contribution is 2.28. The molecule has 1 aliphatic carbocycles. The molecule has 0 unspecified atom stereocenters. The van der Waals surface area contributed by atoms with Crippen molar-refractivity contribution in [3.05, 3.63) is 0 Å². The summed E-state index contributed by atoms with van der Waals surface area (Å²) >= 11 is 0. The first-order chi connectivity index (χ1) is 5.66. The van der Waals surface area contributed by atoms with Crippen molar-refractivity contribution < 1.29 is 4.79 Å². The summed E-state index contributed by atoms with van der Waals surface area (Å²) in [6.45, 7) is 0. The van der Waals surface area contributed by atoms with E-state index in [1.165, 1.54) is 6.42 Å². The summed E-state index contributed by atoms with van der Waals surface area (Å²) < 4.78 is 0. The van der Waals surface area contributed by atoms with Crippen molar-refractivity contribution in [2.45, 2.75) is 44.1 Å². The van der Waals surface area contributed by atoms with Gasteiger partial charge in [0.05, 0.1) is 0 Å². The van der Waals surface area contributed by atoms with Crippen LogP contribution in [-0.4, -0.2) is 11.4 Å². The lowest BCUT2D eigenvalue weighted by atomic mass is 9.80. The molecule has 0 aromatic heterocycles. The van der Waals surface area contributed by atoms with Gasteiger partial charge in [-0.25, -0.2) is 5.84 Å². The van der Waals surface area contributed by atoms with E-state index < -0.39 is 0 Å². The minimum Gasteiger partial charge on any atom is -0.325 e. The minimum atomic E-state index is -0.290. The van der Waals surface area contributed by atoms with E-state index in [4.69, 9.17) is 11.6 Å². The molecule has 70 valence electrons. The molecule has 4 heteroatoms. The van der Waals surface area contributed by atoms with Crippen LogP contribution in [0.2, 0.25) is 0 Å². The van der Waals surface area contributed by atoms with E-state index in [9.17, 15) is 4.79 Å². The summed E-state index contributed by atoms with van der Waals surface area (Å²) in [6.07, 6.45) is 5.76. The number of amides is 1. The van der Waals surface area contributed by atoms with E-state index >= 15 is 0 Å². The Hall–Kier alpha value is -0.610. The molecule has 0 saturated heterocycles. The zero-order valence-electron chi connectivity index (χ0n) is 7.31. The van der Waals surface area contributed by atoms with Gasteiger partial charge in [0.25, 0.3) is 0 Å². The lowest BCUT2D eigenvalue weighted by Gasteiger charge is -2.32. The highest BCUT2D eigenvalue weighted by atomic mass is 16.2. The third-order valence-corrected chi connectivity index (χ3v) is 2.52. The van der Waals surface area contributed by atoms with Crippen molar-refractivity contribution in [3.8, 4) is 0 Å². The molecular formula is C8H17N3O. The maximum Gasteiger partial charge on any atom is 0.235 e. The number of carbonyl (C=O) groups excluding carboxylic acids is 1. The molecule has 1 rings (SSSR count). The van der Waals surface area contributed by atoms with Crippen LogP contribution in [0.25, 0.3) is 0 Å². The van der Waals surface area contributed by atoms with E-state index in [0.717, 1.165) is 25.7 Å². The van der Waals surface area contributed by atoms with Crippen LogP contribution >= 0.6 is 0 Å². The first-order valence-electron chi connectivity index (χ1n) is 4.45. The fourth-order valence-electron chi connectivity index (χ4n) is 1.80. The summed E-state index contributed by atoms with van der Waals surface area (Å²) in [7, 11) is 0. The van der Waals surface area contributed by atoms with E-state index in [2.05, 4.69) is 5.43 Å². The quantitative estimate of drug-likeness (QED) is 0.311. The normalized spacial score (nSPS) is 21.8. The van der Waals surface area contributed by atoms with Crippen molar-refractivity contribution in [2.75, 3.05) is 0 Å². The molecule has 0 atom stereocenters. The number of nitrogens with one attached hydrogen (secondary N) is 1. The monoisotopic (exact) mass is 171 g/mol. The Morgan fingerprint density at radius 3 is 2.42 bits per heavy atom. The zero-order valence-corrected chi connectivity index (χ0v) is 7.31. The predicted molar refractivity (Wildman–Crippen MR) is 47.0 cm³/mol. The van der Waals surface area contributed by atoms with Crippen LogP contribution in [0.3, 0.4) is 0 Å². The lowest BCUT2D eigenvalue weighted by molar-refractivity contribution is -0.122. The second-order valence-electron chi connectivity index (χ2n) is 3.67. The molecule has 0 radical (unpaired) electrons. The number of hydrogen-bond acceptors (Lipinski definition) is 3. The maximum atomic E-state index is 11.0. The molecule has 1 saturated carbocycles. The van der Waals surface area contributed by atoms with Gasteiger partial charge >= 0.3 is 0 Å². The summed E-state index contributed by atoms with van der Waals surface area (Å²) in [5, 5.41) is 0. The second kappa shape index (κ2) is 3.87. The summed E-state index contributed by atoms with van der Waals surface area (Å²) in [5.41, 5.74) is 7.85. The second-order valence-corrected chi connectivity index (χ2v) is 3.67. The molecule has 0 bridgehead atoms. The van der Waals surface area contributed by atoms with Crippen molar-refractivity contribution in [1.82, 2.24) is 5.43 Å². The average molecular weight is 171 g/mol. The highest BCUT2D eigenvalue weighted by Gasteiger charge is 2.29. The van der Waals surface area contributed by atoms with Crippen LogP contribution < -0.4 is 17.0 Å². The Kier molecular flexibility index (Phi) is 3.05. The summed E-state index contributed by atoms with van der Waals surface area (Å²) in [5.74, 6) is 4.84. The van der Waals surface area contributed by atoms with Gasteiger partial charge in [-0.2, -0.15) is 0 Å². The van der Waals surface area contributed by atoms with Crippen LogP contribution in [0, 0.1) is 0 Å². The minimum absolute atomic E-state index is 0.153. The van der Waals surface area contributed by atoms with Crippen molar-refractivity contribution in [3.63, 3.8) is 0 Å². The molecule has 1 fully saturated rings. The number of hydrazine groups is 1. The fourth-order valence-corrected chi connectivity index (χ4v) is 1.80. The molecule has 12 heavy (non-hydrogen) atoms. The molecule has 5 N–H and O–H groups in total. The maximum absolute atomic E-state index is 11.0. The van der Waals surface area contributed by atoms with E-state index in [0.29, 0.717) is 6.42 Å². The molecule has 0 aromatic rings. The molecular weight excluding hydrogens is 154 g/mol. The zero-order chi connectivity index (χ0) is 9.03. The molecule has 0 spiro atoms. The van der Waals surface area contributed by atoms with Crippen molar-refractivity contribution in [1.29, 1.82) is 0 Å². The lowest BCUT2D eigenvalue weighted by Crippen LogP contribution is -2.47. The third kappa shape index (κ3) is 2.46. The van der Waals surface area contributed by atoms with Crippen LogP contribution in [0.4, 0.5) is 0 Å². The Morgan fingerprint density at radius 1 is 1.33 bits per heavy atom. The van der Waals surface area contributed by atoms with Gasteiger partial charge < -0.3 is 5.73 Å². The van der Waals surface area contributed by atoms with Crippen LogP contribution in [0.5, 0.6) is 0 Å². The molecule has 0 aliphatic heterocycles. The van der Waals surface area contributed by atoms with Crippen LogP contribution in [0.1, 0.15) is 38.5 Å². The van der Waals surface area contributed by atoms with E-state index in [1.54, 1.807) is 0 Å².